The molecule has 2 rings (SSSR count). The minimum atomic E-state index is -0.685. The average Bonchev–Trinajstić information content (AvgIpc) is 2.50. The van der Waals surface area contributed by atoms with Crippen LogP contribution in [-0.2, 0) is 19.0 Å². The maximum atomic E-state index is 11.9. The van der Waals surface area contributed by atoms with Gasteiger partial charge in [-0.3, -0.25) is 0 Å². The van der Waals surface area contributed by atoms with Crippen LogP contribution in [-0.4, -0.2) is 30.1 Å². The molecule has 17 heavy (non-hydrogen) atoms. The number of carbonyl (C=O) groups is 1. The Morgan fingerprint density at radius 2 is 1.94 bits per heavy atom. The van der Waals surface area contributed by atoms with Gasteiger partial charge in [-0.15, -0.1) is 0 Å². The predicted octanol–water partition coefficient (Wildman–Crippen LogP) is 2.11. The van der Waals surface area contributed by atoms with Gasteiger partial charge in [-0.25, -0.2) is 4.79 Å². The van der Waals surface area contributed by atoms with Gasteiger partial charge in [0.25, 0.3) is 0 Å². The molecule has 0 aromatic carbocycles. The number of rotatable bonds is 2. The second kappa shape index (κ2) is 4.25. The zero-order valence-electron chi connectivity index (χ0n) is 11.2. The third-order valence-electron chi connectivity index (χ3n) is 3.44. The van der Waals surface area contributed by atoms with Crippen molar-refractivity contribution < 1.29 is 19.0 Å². The summed E-state index contributed by atoms with van der Waals surface area (Å²) in [5.74, 6) is -0.275. The SMILES string of the molecule is CC(C)C[C@H]1OC(=O)[C@@H]2OC(C)(C)O[C@@H]2[C@H]1C. The highest BCUT2D eigenvalue weighted by Crippen LogP contribution is 2.39. The van der Waals surface area contributed by atoms with Crippen LogP contribution < -0.4 is 0 Å². The molecule has 0 aromatic heterocycles. The highest BCUT2D eigenvalue weighted by atomic mass is 16.8. The van der Waals surface area contributed by atoms with E-state index < -0.39 is 11.9 Å². The molecule has 0 aromatic rings. The summed E-state index contributed by atoms with van der Waals surface area (Å²) in [7, 11) is 0. The van der Waals surface area contributed by atoms with Crippen LogP contribution >= 0.6 is 0 Å². The molecular weight excluding hydrogens is 220 g/mol. The van der Waals surface area contributed by atoms with Gasteiger partial charge in [0.2, 0.25) is 0 Å². The van der Waals surface area contributed by atoms with Gasteiger partial charge in [0.1, 0.15) is 12.2 Å². The van der Waals surface area contributed by atoms with Crippen molar-refractivity contribution in [3.05, 3.63) is 0 Å². The monoisotopic (exact) mass is 242 g/mol. The lowest BCUT2D eigenvalue weighted by molar-refractivity contribution is -0.178. The summed E-state index contributed by atoms with van der Waals surface area (Å²) in [6.45, 7) is 10.00. The lowest BCUT2D eigenvalue weighted by Gasteiger charge is -2.35. The van der Waals surface area contributed by atoms with Gasteiger partial charge in [-0.2, -0.15) is 0 Å². The molecule has 4 atom stereocenters. The minimum absolute atomic E-state index is 0.0544. The van der Waals surface area contributed by atoms with Crippen molar-refractivity contribution in [3.8, 4) is 0 Å². The number of ether oxygens (including phenoxy) is 3. The summed E-state index contributed by atoms with van der Waals surface area (Å²) in [4.78, 5) is 11.9. The molecule has 98 valence electrons. The summed E-state index contributed by atoms with van der Waals surface area (Å²) in [6.07, 6.45) is 0.0968. The predicted molar refractivity (Wildman–Crippen MR) is 62.3 cm³/mol. The fraction of sp³-hybridized carbons (Fsp3) is 0.923. The molecule has 4 nitrogen and oxygen atoms in total. The molecule has 2 saturated heterocycles. The molecule has 0 aliphatic carbocycles. The van der Waals surface area contributed by atoms with Gasteiger partial charge in [0, 0.05) is 5.92 Å². The normalized spacial score (nSPS) is 40.2. The van der Waals surface area contributed by atoms with Gasteiger partial charge < -0.3 is 14.2 Å². The zero-order chi connectivity index (χ0) is 12.8. The van der Waals surface area contributed by atoms with Gasteiger partial charge in [-0.1, -0.05) is 20.8 Å². The van der Waals surface area contributed by atoms with Crippen molar-refractivity contribution in [2.45, 2.75) is 65.1 Å². The molecule has 0 amide bonds. The Morgan fingerprint density at radius 1 is 1.29 bits per heavy atom. The van der Waals surface area contributed by atoms with E-state index in [0.29, 0.717) is 5.92 Å². The Labute approximate surface area is 103 Å². The molecule has 4 heteroatoms. The summed E-state index contributed by atoms with van der Waals surface area (Å²) >= 11 is 0. The lowest BCUT2D eigenvalue weighted by atomic mass is 9.87. The van der Waals surface area contributed by atoms with E-state index in [0.717, 1.165) is 6.42 Å². The van der Waals surface area contributed by atoms with Crippen molar-refractivity contribution in [1.82, 2.24) is 0 Å². The molecule has 0 N–H and O–H groups in total. The van der Waals surface area contributed by atoms with Crippen LogP contribution in [0.5, 0.6) is 0 Å². The van der Waals surface area contributed by atoms with E-state index in [1.807, 2.05) is 13.8 Å². The van der Waals surface area contributed by atoms with E-state index in [2.05, 4.69) is 20.8 Å². The Balaban J connectivity index is 2.13. The molecule has 0 radical (unpaired) electrons. The first-order valence-electron chi connectivity index (χ1n) is 6.36. The molecular formula is C13H22O4. The fourth-order valence-corrected chi connectivity index (χ4v) is 2.62. The van der Waals surface area contributed by atoms with Crippen molar-refractivity contribution >= 4 is 5.97 Å². The number of cyclic esters (lactones) is 1. The molecule has 0 saturated carbocycles. The highest BCUT2D eigenvalue weighted by Gasteiger charge is 2.53. The van der Waals surface area contributed by atoms with E-state index in [-0.39, 0.29) is 24.1 Å². The third kappa shape index (κ3) is 2.47. The van der Waals surface area contributed by atoms with Crippen LogP contribution in [0.25, 0.3) is 0 Å². The largest absolute Gasteiger partial charge is 0.460 e. The van der Waals surface area contributed by atoms with E-state index in [1.54, 1.807) is 0 Å². The second-order valence-corrected chi connectivity index (χ2v) is 5.98. The van der Waals surface area contributed by atoms with Crippen LogP contribution in [0, 0.1) is 11.8 Å². The number of fused-ring (bicyclic) bond motifs is 1. The second-order valence-electron chi connectivity index (χ2n) is 5.98. The Morgan fingerprint density at radius 3 is 2.53 bits per heavy atom. The number of hydrogen-bond acceptors (Lipinski definition) is 4. The molecule has 0 unspecified atom stereocenters. The van der Waals surface area contributed by atoms with E-state index in [1.165, 1.54) is 0 Å². The van der Waals surface area contributed by atoms with E-state index in [9.17, 15) is 4.79 Å². The van der Waals surface area contributed by atoms with Gasteiger partial charge >= 0.3 is 5.97 Å². The summed E-state index contributed by atoms with van der Waals surface area (Å²) in [5, 5.41) is 0. The van der Waals surface area contributed by atoms with Crippen molar-refractivity contribution in [3.63, 3.8) is 0 Å². The van der Waals surface area contributed by atoms with Gasteiger partial charge in [0.15, 0.2) is 11.9 Å². The number of hydrogen-bond donors (Lipinski definition) is 0. The quantitative estimate of drug-likeness (QED) is 0.696. The molecule has 2 heterocycles. The van der Waals surface area contributed by atoms with Crippen LogP contribution in [0.4, 0.5) is 0 Å². The van der Waals surface area contributed by atoms with E-state index >= 15 is 0 Å². The lowest BCUT2D eigenvalue weighted by Crippen LogP contribution is -2.49. The Hall–Kier alpha value is -0.610. The third-order valence-corrected chi connectivity index (χ3v) is 3.44. The first-order chi connectivity index (χ1) is 7.80. The molecule has 0 spiro atoms. The summed E-state index contributed by atoms with van der Waals surface area (Å²) in [6, 6.07) is 0. The van der Waals surface area contributed by atoms with Crippen molar-refractivity contribution in [2.75, 3.05) is 0 Å². The number of carbonyl (C=O) groups excluding carboxylic acids is 1. The molecule has 2 aliphatic rings. The standard InChI is InChI=1S/C13H22O4/c1-7(2)6-9-8(3)10-11(12(14)15-9)17-13(4,5)16-10/h7-11H,6H2,1-5H3/t8-,9+,10+,11+/m0/s1. The molecule has 2 aliphatic heterocycles. The molecule has 0 bridgehead atoms. The summed E-state index contributed by atoms with van der Waals surface area (Å²) in [5.41, 5.74) is 0. The maximum Gasteiger partial charge on any atom is 0.338 e. The average molecular weight is 242 g/mol. The van der Waals surface area contributed by atoms with Crippen LogP contribution in [0.3, 0.4) is 0 Å². The fourth-order valence-electron chi connectivity index (χ4n) is 2.62. The Bertz CT molecular complexity index is 311. The first kappa shape index (κ1) is 12.8. The topological polar surface area (TPSA) is 44.8 Å². The smallest absolute Gasteiger partial charge is 0.338 e. The van der Waals surface area contributed by atoms with Crippen LogP contribution in [0.1, 0.15) is 41.0 Å². The van der Waals surface area contributed by atoms with Crippen molar-refractivity contribution in [1.29, 1.82) is 0 Å². The van der Waals surface area contributed by atoms with Gasteiger partial charge in [-0.05, 0) is 26.2 Å². The van der Waals surface area contributed by atoms with Crippen molar-refractivity contribution in [2.24, 2.45) is 11.8 Å². The summed E-state index contributed by atoms with van der Waals surface area (Å²) < 4.78 is 16.9. The first-order valence-corrected chi connectivity index (χ1v) is 6.36. The van der Waals surface area contributed by atoms with Crippen LogP contribution in [0.2, 0.25) is 0 Å². The minimum Gasteiger partial charge on any atom is -0.460 e. The molecule has 2 fully saturated rings. The zero-order valence-corrected chi connectivity index (χ0v) is 11.2. The number of esters is 1. The maximum absolute atomic E-state index is 11.9. The van der Waals surface area contributed by atoms with Crippen LogP contribution in [0.15, 0.2) is 0 Å². The van der Waals surface area contributed by atoms with E-state index in [4.69, 9.17) is 14.2 Å². The Kier molecular flexibility index (Phi) is 3.21. The highest BCUT2D eigenvalue weighted by molar-refractivity contribution is 5.77. The van der Waals surface area contributed by atoms with Gasteiger partial charge in [0.05, 0.1) is 0 Å².